The van der Waals surface area contributed by atoms with E-state index < -0.39 is 0 Å². The van der Waals surface area contributed by atoms with Gasteiger partial charge in [-0.2, -0.15) is 4.98 Å². The highest BCUT2D eigenvalue weighted by atomic mass is 16.5. The second-order valence-electron chi connectivity index (χ2n) is 6.11. The summed E-state index contributed by atoms with van der Waals surface area (Å²) in [6.45, 7) is 1.21. The van der Waals surface area contributed by atoms with Crippen molar-refractivity contribution in [1.82, 2.24) is 20.4 Å². The van der Waals surface area contributed by atoms with Gasteiger partial charge in [0.25, 0.3) is 11.8 Å². The first-order chi connectivity index (χ1) is 11.7. The van der Waals surface area contributed by atoms with Gasteiger partial charge in [-0.25, -0.2) is 0 Å². The molecule has 0 aliphatic carbocycles. The summed E-state index contributed by atoms with van der Waals surface area (Å²) < 4.78 is 5.32. The van der Waals surface area contributed by atoms with Gasteiger partial charge in [0.1, 0.15) is 0 Å². The first-order valence-corrected chi connectivity index (χ1v) is 8.25. The summed E-state index contributed by atoms with van der Waals surface area (Å²) in [6, 6.07) is 6.99. The molecule has 7 heteroatoms. The third-order valence-corrected chi connectivity index (χ3v) is 4.53. The fourth-order valence-electron chi connectivity index (χ4n) is 3.23. The molecule has 0 unspecified atom stereocenters. The number of hydrogen-bond donors (Lipinski definition) is 1. The van der Waals surface area contributed by atoms with Crippen LogP contribution in [0.1, 0.15) is 57.7 Å². The SMILES string of the molecule is O=C1c2ccccc2C(=O)N1CCc1noc([C@H]2CCCCN2)n1. The fraction of sp³-hybridized carbons (Fsp3) is 0.412. The van der Waals surface area contributed by atoms with Gasteiger partial charge in [-0.3, -0.25) is 14.5 Å². The minimum absolute atomic E-state index is 0.110. The maximum absolute atomic E-state index is 12.3. The van der Waals surface area contributed by atoms with Crippen LogP contribution in [0.5, 0.6) is 0 Å². The van der Waals surface area contributed by atoms with Gasteiger partial charge in [-0.05, 0) is 31.5 Å². The number of rotatable bonds is 4. The number of benzene rings is 1. The summed E-state index contributed by atoms with van der Waals surface area (Å²) in [5.41, 5.74) is 0.922. The van der Waals surface area contributed by atoms with E-state index in [0.29, 0.717) is 29.3 Å². The van der Waals surface area contributed by atoms with E-state index in [1.807, 2.05) is 0 Å². The molecule has 124 valence electrons. The largest absolute Gasteiger partial charge is 0.338 e. The Morgan fingerprint density at radius 3 is 2.58 bits per heavy atom. The molecule has 2 aliphatic heterocycles. The molecular formula is C17H18N4O3. The second-order valence-corrected chi connectivity index (χ2v) is 6.11. The Kier molecular flexibility index (Phi) is 3.86. The summed E-state index contributed by atoms with van der Waals surface area (Å²) in [5, 5.41) is 7.33. The third kappa shape index (κ3) is 2.60. The summed E-state index contributed by atoms with van der Waals surface area (Å²) in [5.74, 6) is 0.600. The highest BCUT2D eigenvalue weighted by Crippen LogP contribution is 2.23. The number of hydrogen-bond acceptors (Lipinski definition) is 6. The van der Waals surface area contributed by atoms with Crippen molar-refractivity contribution in [3.63, 3.8) is 0 Å². The lowest BCUT2D eigenvalue weighted by Crippen LogP contribution is -2.32. The van der Waals surface area contributed by atoms with Gasteiger partial charge in [-0.1, -0.05) is 23.7 Å². The Labute approximate surface area is 139 Å². The maximum Gasteiger partial charge on any atom is 0.261 e. The molecule has 1 aromatic carbocycles. The molecule has 0 spiro atoms. The van der Waals surface area contributed by atoms with Crippen molar-refractivity contribution in [3.05, 3.63) is 47.1 Å². The first kappa shape index (κ1) is 15.0. The lowest BCUT2D eigenvalue weighted by molar-refractivity contribution is 0.0655. The number of imide groups is 1. The molecular weight excluding hydrogens is 308 g/mol. The molecule has 0 bridgehead atoms. The predicted octanol–water partition coefficient (Wildman–Crippen LogP) is 1.72. The highest BCUT2D eigenvalue weighted by Gasteiger charge is 2.35. The summed E-state index contributed by atoms with van der Waals surface area (Å²) in [6.07, 6.45) is 3.68. The zero-order valence-electron chi connectivity index (χ0n) is 13.2. The Balaban J connectivity index is 1.42. The number of nitrogens with zero attached hydrogens (tertiary/aromatic N) is 3. The summed E-state index contributed by atoms with van der Waals surface area (Å²) >= 11 is 0. The number of aromatic nitrogens is 2. The van der Waals surface area contributed by atoms with Gasteiger partial charge in [0.15, 0.2) is 5.82 Å². The molecule has 24 heavy (non-hydrogen) atoms. The van der Waals surface area contributed by atoms with Crippen LogP contribution < -0.4 is 5.32 Å². The van der Waals surface area contributed by atoms with Crippen LogP contribution in [0.3, 0.4) is 0 Å². The minimum atomic E-state index is -0.256. The van der Waals surface area contributed by atoms with Crippen LogP contribution in [-0.2, 0) is 6.42 Å². The molecule has 2 aromatic rings. The molecule has 7 nitrogen and oxygen atoms in total. The fourth-order valence-corrected chi connectivity index (χ4v) is 3.23. The van der Waals surface area contributed by atoms with Gasteiger partial charge >= 0.3 is 0 Å². The molecule has 1 N–H and O–H groups in total. The van der Waals surface area contributed by atoms with E-state index >= 15 is 0 Å². The minimum Gasteiger partial charge on any atom is -0.338 e. The van der Waals surface area contributed by atoms with Crippen LogP contribution in [0.2, 0.25) is 0 Å². The van der Waals surface area contributed by atoms with Crippen LogP contribution in [0.25, 0.3) is 0 Å². The topological polar surface area (TPSA) is 88.3 Å². The zero-order chi connectivity index (χ0) is 16.5. The van der Waals surface area contributed by atoms with Crippen molar-refractivity contribution in [3.8, 4) is 0 Å². The Morgan fingerprint density at radius 1 is 1.17 bits per heavy atom. The van der Waals surface area contributed by atoms with E-state index in [9.17, 15) is 9.59 Å². The summed E-state index contributed by atoms with van der Waals surface area (Å²) in [7, 11) is 0. The van der Waals surface area contributed by atoms with Crippen LogP contribution in [0.4, 0.5) is 0 Å². The standard InChI is InChI=1S/C17H18N4O3/c22-16-11-5-1-2-6-12(11)17(23)21(16)10-8-14-19-15(24-20-14)13-7-3-4-9-18-13/h1-2,5-6,13,18H,3-4,7-10H2/t13-/m1/s1. The Bertz CT molecular complexity index is 745. The molecule has 1 saturated heterocycles. The number of fused-ring (bicyclic) bond motifs is 1. The molecule has 2 aliphatic rings. The van der Waals surface area contributed by atoms with Gasteiger partial charge in [0.2, 0.25) is 5.89 Å². The van der Waals surface area contributed by atoms with E-state index in [2.05, 4.69) is 15.5 Å². The number of carbonyl (C=O) groups excluding carboxylic acids is 2. The van der Waals surface area contributed by atoms with Crippen molar-refractivity contribution in [1.29, 1.82) is 0 Å². The van der Waals surface area contributed by atoms with Gasteiger partial charge in [-0.15, -0.1) is 0 Å². The Morgan fingerprint density at radius 2 is 1.92 bits per heavy atom. The van der Waals surface area contributed by atoms with Crippen molar-refractivity contribution >= 4 is 11.8 Å². The lowest BCUT2D eigenvalue weighted by atomic mass is 10.1. The molecule has 0 radical (unpaired) electrons. The number of piperidine rings is 1. The molecule has 1 aromatic heterocycles. The highest BCUT2D eigenvalue weighted by molar-refractivity contribution is 6.21. The molecule has 0 saturated carbocycles. The van der Waals surface area contributed by atoms with Gasteiger partial charge < -0.3 is 9.84 Å². The average Bonchev–Trinajstić information content (AvgIpc) is 3.19. The number of nitrogens with one attached hydrogen (secondary N) is 1. The van der Waals surface area contributed by atoms with E-state index in [1.165, 1.54) is 4.90 Å². The van der Waals surface area contributed by atoms with Crippen molar-refractivity contribution in [2.75, 3.05) is 13.1 Å². The quantitative estimate of drug-likeness (QED) is 0.861. The zero-order valence-corrected chi connectivity index (χ0v) is 13.2. The first-order valence-electron chi connectivity index (χ1n) is 8.25. The normalized spacial score (nSPS) is 20.5. The average molecular weight is 326 g/mol. The molecule has 1 fully saturated rings. The molecule has 1 atom stereocenters. The van der Waals surface area contributed by atoms with Crippen LogP contribution in [0.15, 0.2) is 28.8 Å². The monoisotopic (exact) mass is 326 g/mol. The maximum atomic E-state index is 12.3. The van der Waals surface area contributed by atoms with E-state index in [4.69, 9.17) is 4.52 Å². The molecule has 4 rings (SSSR count). The Hall–Kier alpha value is -2.54. The summed E-state index contributed by atoms with van der Waals surface area (Å²) in [4.78, 5) is 30.3. The van der Waals surface area contributed by atoms with Crippen molar-refractivity contribution in [2.45, 2.75) is 31.7 Å². The van der Waals surface area contributed by atoms with E-state index in [1.54, 1.807) is 24.3 Å². The van der Waals surface area contributed by atoms with E-state index in [0.717, 1.165) is 25.8 Å². The second kappa shape index (κ2) is 6.16. The predicted molar refractivity (Wildman–Crippen MR) is 84.4 cm³/mol. The lowest BCUT2D eigenvalue weighted by Gasteiger charge is -2.19. The van der Waals surface area contributed by atoms with Crippen molar-refractivity contribution in [2.24, 2.45) is 0 Å². The molecule has 2 amide bonds. The van der Waals surface area contributed by atoms with E-state index in [-0.39, 0.29) is 24.4 Å². The van der Waals surface area contributed by atoms with Crippen LogP contribution in [-0.4, -0.2) is 39.9 Å². The third-order valence-electron chi connectivity index (χ3n) is 4.53. The number of carbonyl (C=O) groups is 2. The smallest absolute Gasteiger partial charge is 0.261 e. The number of amides is 2. The van der Waals surface area contributed by atoms with Crippen LogP contribution >= 0.6 is 0 Å². The van der Waals surface area contributed by atoms with Gasteiger partial charge in [0, 0.05) is 13.0 Å². The van der Waals surface area contributed by atoms with Crippen LogP contribution in [0, 0.1) is 0 Å². The van der Waals surface area contributed by atoms with Crippen molar-refractivity contribution < 1.29 is 14.1 Å². The molecule has 3 heterocycles. The van der Waals surface area contributed by atoms with Gasteiger partial charge in [0.05, 0.1) is 17.2 Å².